The first-order chi connectivity index (χ1) is 10.1. The van der Waals surface area contributed by atoms with Gasteiger partial charge in [0, 0.05) is 19.3 Å². The van der Waals surface area contributed by atoms with E-state index in [2.05, 4.69) is 29.0 Å². The number of pyridine rings is 1. The molecule has 5 nitrogen and oxygen atoms in total. The standard InChI is InChI=1S/C15H21ClN4O/c1-4-19(5-2)9-8-17-15(21)14-11(3)18-13-7-6-12(16)10-20(13)14/h6-7,10H,4-5,8-9H2,1-3H3,(H,17,21). The van der Waals surface area contributed by atoms with Crippen LogP contribution in [0.15, 0.2) is 18.3 Å². The second-order valence-electron chi connectivity index (χ2n) is 4.90. The molecule has 0 unspecified atom stereocenters. The summed E-state index contributed by atoms with van der Waals surface area (Å²) in [6.07, 6.45) is 1.72. The van der Waals surface area contributed by atoms with Crippen LogP contribution in [-0.2, 0) is 0 Å². The van der Waals surface area contributed by atoms with E-state index in [-0.39, 0.29) is 5.91 Å². The van der Waals surface area contributed by atoms with E-state index in [1.165, 1.54) is 0 Å². The van der Waals surface area contributed by atoms with Crippen molar-refractivity contribution in [3.8, 4) is 0 Å². The summed E-state index contributed by atoms with van der Waals surface area (Å²) in [5.41, 5.74) is 1.98. The summed E-state index contributed by atoms with van der Waals surface area (Å²) in [6, 6.07) is 3.58. The molecule has 0 saturated heterocycles. The molecule has 2 aromatic rings. The lowest BCUT2D eigenvalue weighted by Crippen LogP contribution is -2.35. The van der Waals surface area contributed by atoms with Gasteiger partial charge in [-0.15, -0.1) is 0 Å². The van der Waals surface area contributed by atoms with E-state index in [4.69, 9.17) is 11.6 Å². The Hall–Kier alpha value is -1.59. The smallest absolute Gasteiger partial charge is 0.270 e. The number of carbonyl (C=O) groups excluding carboxylic acids is 1. The van der Waals surface area contributed by atoms with Crippen LogP contribution in [-0.4, -0.2) is 46.4 Å². The summed E-state index contributed by atoms with van der Waals surface area (Å²) < 4.78 is 1.74. The largest absolute Gasteiger partial charge is 0.349 e. The zero-order valence-electron chi connectivity index (χ0n) is 12.7. The zero-order chi connectivity index (χ0) is 15.4. The Balaban J connectivity index is 2.12. The van der Waals surface area contributed by atoms with Gasteiger partial charge in [-0.05, 0) is 32.1 Å². The Bertz CT molecular complexity index is 634. The molecule has 6 heteroatoms. The zero-order valence-corrected chi connectivity index (χ0v) is 13.4. The maximum atomic E-state index is 12.4. The van der Waals surface area contributed by atoms with Gasteiger partial charge in [-0.1, -0.05) is 25.4 Å². The Labute approximate surface area is 129 Å². The van der Waals surface area contributed by atoms with E-state index in [1.807, 2.05) is 13.0 Å². The van der Waals surface area contributed by atoms with Crippen LogP contribution in [0.5, 0.6) is 0 Å². The molecule has 0 aliphatic heterocycles. The first kappa shape index (κ1) is 15.8. The van der Waals surface area contributed by atoms with Gasteiger partial charge >= 0.3 is 0 Å². The SMILES string of the molecule is CCN(CC)CCNC(=O)c1c(C)nc2ccc(Cl)cn12. The highest BCUT2D eigenvalue weighted by atomic mass is 35.5. The highest BCUT2D eigenvalue weighted by Crippen LogP contribution is 2.16. The van der Waals surface area contributed by atoms with Crippen molar-refractivity contribution in [1.29, 1.82) is 0 Å². The van der Waals surface area contributed by atoms with Gasteiger partial charge in [0.25, 0.3) is 5.91 Å². The van der Waals surface area contributed by atoms with Crippen LogP contribution in [0.4, 0.5) is 0 Å². The topological polar surface area (TPSA) is 49.6 Å². The summed E-state index contributed by atoms with van der Waals surface area (Å²) in [4.78, 5) is 19.0. The van der Waals surface area contributed by atoms with Crippen LogP contribution < -0.4 is 5.32 Å². The minimum atomic E-state index is -0.116. The van der Waals surface area contributed by atoms with Gasteiger partial charge in [0.2, 0.25) is 0 Å². The second-order valence-corrected chi connectivity index (χ2v) is 5.34. The number of imidazole rings is 1. The molecule has 2 rings (SSSR count). The lowest BCUT2D eigenvalue weighted by Gasteiger charge is -2.17. The third kappa shape index (κ3) is 3.54. The minimum Gasteiger partial charge on any atom is -0.349 e. The molecule has 0 aromatic carbocycles. The summed E-state index contributed by atoms with van der Waals surface area (Å²) in [7, 11) is 0. The number of carbonyl (C=O) groups is 1. The quantitative estimate of drug-likeness (QED) is 0.891. The third-order valence-electron chi connectivity index (χ3n) is 3.58. The first-order valence-electron chi connectivity index (χ1n) is 7.21. The average Bonchev–Trinajstić information content (AvgIpc) is 2.78. The van der Waals surface area contributed by atoms with E-state index in [0.29, 0.717) is 23.0 Å². The van der Waals surface area contributed by atoms with Gasteiger partial charge in [0.15, 0.2) is 0 Å². The van der Waals surface area contributed by atoms with Crippen LogP contribution in [0, 0.1) is 6.92 Å². The molecule has 0 fully saturated rings. The molecule has 1 N–H and O–H groups in total. The molecule has 0 bridgehead atoms. The predicted molar refractivity (Wildman–Crippen MR) is 85.1 cm³/mol. The molecular formula is C15H21ClN4O. The summed E-state index contributed by atoms with van der Waals surface area (Å²) in [5.74, 6) is -0.116. The van der Waals surface area contributed by atoms with Crippen molar-refractivity contribution < 1.29 is 4.79 Å². The number of likely N-dealkylation sites (N-methyl/N-ethyl adjacent to an activating group) is 1. The van der Waals surface area contributed by atoms with Gasteiger partial charge < -0.3 is 10.2 Å². The maximum absolute atomic E-state index is 12.4. The van der Waals surface area contributed by atoms with Crippen LogP contribution in [0.2, 0.25) is 5.02 Å². The van der Waals surface area contributed by atoms with Gasteiger partial charge in [0.1, 0.15) is 11.3 Å². The van der Waals surface area contributed by atoms with Crippen LogP contribution in [0.25, 0.3) is 5.65 Å². The number of halogens is 1. The molecule has 1 amide bonds. The fourth-order valence-corrected chi connectivity index (χ4v) is 2.52. The van der Waals surface area contributed by atoms with Gasteiger partial charge in [-0.3, -0.25) is 9.20 Å². The van der Waals surface area contributed by atoms with Crippen molar-refractivity contribution in [3.05, 3.63) is 34.7 Å². The molecule has 114 valence electrons. The van der Waals surface area contributed by atoms with E-state index in [0.717, 1.165) is 25.3 Å². The summed E-state index contributed by atoms with van der Waals surface area (Å²) in [5, 5.41) is 3.53. The van der Waals surface area contributed by atoms with E-state index in [9.17, 15) is 4.79 Å². The molecule has 0 spiro atoms. The Kier molecular flexibility index (Phi) is 5.20. The molecule has 0 aliphatic rings. The minimum absolute atomic E-state index is 0.116. The lowest BCUT2D eigenvalue weighted by atomic mass is 10.3. The average molecular weight is 309 g/mol. The number of amides is 1. The van der Waals surface area contributed by atoms with E-state index < -0.39 is 0 Å². The molecule has 0 atom stereocenters. The van der Waals surface area contributed by atoms with Crippen LogP contribution in [0.1, 0.15) is 30.0 Å². The van der Waals surface area contributed by atoms with Crippen LogP contribution >= 0.6 is 11.6 Å². The maximum Gasteiger partial charge on any atom is 0.270 e. The van der Waals surface area contributed by atoms with Crippen molar-refractivity contribution in [2.24, 2.45) is 0 Å². The van der Waals surface area contributed by atoms with Crippen LogP contribution in [0.3, 0.4) is 0 Å². The molecule has 21 heavy (non-hydrogen) atoms. The van der Waals surface area contributed by atoms with Crippen molar-refractivity contribution in [2.75, 3.05) is 26.2 Å². The second kappa shape index (κ2) is 6.91. The van der Waals surface area contributed by atoms with E-state index in [1.54, 1.807) is 16.7 Å². The van der Waals surface area contributed by atoms with Crippen molar-refractivity contribution in [2.45, 2.75) is 20.8 Å². The van der Waals surface area contributed by atoms with Crippen molar-refractivity contribution >= 4 is 23.2 Å². The lowest BCUT2D eigenvalue weighted by molar-refractivity contribution is 0.0942. The molecule has 0 saturated carbocycles. The number of nitrogens with one attached hydrogen (secondary N) is 1. The number of fused-ring (bicyclic) bond motifs is 1. The monoisotopic (exact) mass is 308 g/mol. The predicted octanol–water partition coefficient (Wildman–Crippen LogP) is 2.37. The Morgan fingerprint density at radius 2 is 2.10 bits per heavy atom. The number of hydrogen-bond donors (Lipinski definition) is 1. The highest BCUT2D eigenvalue weighted by Gasteiger charge is 2.16. The number of nitrogens with zero attached hydrogens (tertiary/aromatic N) is 3. The number of aryl methyl sites for hydroxylation is 1. The third-order valence-corrected chi connectivity index (χ3v) is 3.80. The first-order valence-corrected chi connectivity index (χ1v) is 7.59. The molecule has 2 aromatic heterocycles. The highest BCUT2D eigenvalue weighted by molar-refractivity contribution is 6.30. The fourth-order valence-electron chi connectivity index (χ4n) is 2.36. The van der Waals surface area contributed by atoms with Gasteiger partial charge in [-0.2, -0.15) is 0 Å². The molecular weight excluding hydrogens is 288 g/mol. The number of hydrogen-bond acceptors (Lipinski definition) is 3. The van der Waals surface area contributed by atoms with Gasteiger partial charge in [0.05, 0.1) is 10.7 Å². The molecule has 2 heterocycles. The Morgan fingerprint density at radius 3 is 2.76 bits per heavy atom. The Morgan fingerprint density at radius 1 is 1.38 bits per heavy atom. The van der Waals surface area contributed by atoms with Gasteiger partial charge in [-0.25, -0.2) is 4.98 Å². The van der Waals surface area contributed by atoms with E-state index >= 15 is 0 Å². The van der Waals surface area contributed by atoms with Crippen molar-refractivity contribution in [1.82, 2.24) is 19.6 Å². The summed E-state index contributed by atoms with van der Waals surface area (Å²) in [6.45, 7) is 9.49. The molecule has 0 radical (unpaired) electrons. The molecule has 0 aliphatic carbocycles. The summed E-state index contributed by atoms with van der Waals surface area (Å²) >= 11 is 6.00. The number of rotatable bonds is 6. The normalized spacial score (nSPS) is 11.3. The fraction of sp³-hybridized carbons (Fsp3) is 0.467. The number of aromatic nitrogens is 2. The van der Waals surface area contributed by atoms with Crippen molar-refractivity contribution in [3.63, 3.8) is 0 Å².